The number of ether oxygens (including phenoxy) is 9. The topological polar surface area (TPSA) is 226 Å². The second kappa shape index (κ2) is 23.1. The maximum atomic E-state index is 15.9. The number of fused-ring (bicyclic) bond motifs is 3. The second-order valence-electron chi connectivity index (χ2n) is 22.4. The molecule has 0 radical (unpaired) electrons. The highest BCUT2D eigenvalue weighted by atomic mass is 16.8. The van der Waals surface area contributed by atoms with Gasteiger partial charge in [0.25, 0.3) is 5.91 Å². The molecule has 22 nitrogen and oxygen atoms in total. The molecule has 0 spiro atoms. The number of hydrogen-bond acceptors (Lipinski definition) is 18. The van der Waals surface area contributed by atoms with Crippen molar-refractivity contribution in [3.8, 4) is 34.3 Å². The summed E-state index contributed by atoms with van der Waals surface area (Å²) >= 11 is 0. The Morgan fingerprint density at radius 2 is 1.47 bits per heavy atom. The second-order valence-corrected chi connectivity index (χ2v) is 22.4. The summed E-state index contributed by atoms with van der Waals surface area (Å²) in [5, 5.41) is 12.4. The summed E-state index contributed by atoms with van der Waals surface area (Å²) in [4.78, 5) is 61.5. The van der Waals surface area contributed by atoms with E-state index in [9.17, 15) is 9.59 Å². The van der Waals surface area contributed by atoms with Gasteiger partial charge in [0, 0.05) is 86.0 Å². The van der Waals surface area contributed by atoms with Crippen LogP contribution in [0.5, 0.6) is 23.0 Å². The quantitative estimate of drug-likeness (QED) is 0.0722. The Kier molecular flexibility index (Phi) is 16.4. The van der Waals surface area contributed by atoms with Gasteiger partial charge in [-0.25, -0.2) is 24.5 Å². The van der Waals surface area contributed by atoms with Gasteiger partial charge in [-0.3, -0.25) is 9.48 Å². The number of amides is 2. The number of nitrogens with zero attached hydrogens (tertiary/aromatic N) is 8. The number of aryl methyl sites for hydroxylation is 1. The van der Waals surface area contributed by atoms with Gasteiger partial charge in [0.1, 0.15) is 76.1 Å². The van der Waals surface area contributed by atoms with Crippen molar-refractivity contribution in [2.24, 2.45) is 7.05 Å². The van der Waals surface area contributed by atoms with Crippen LogP contribution in [0.2, 0.25) is 0 Å². The number of pyridine rings is 1. The molecule has 7 aromatic rings. The molecule has 2 aliphatic heterocycles. The summed E-state index contributed by atoms with van der Waals surface area (Å²) in [5.74, 6) is 1.40. The molecule has 2 saturated heterocycles. The van der Waals surface area contributed by atoms with Gasteiger partial charge in [-0.15, -0.1) is 0 Å². The van der Waals surface area contributed by atoms with E-state index < -0.39 is 65.5 Å². The van der Waals surface area contributed by atoms with E-state index in [1.807, 2.05) is 109 Å². The van der Waals surface area contributed by atoms with E-state index in [4.69, 9.17) is 62.7 Å². The van der Waals surface area contributed by atoms with Crippen molar-refractivity contribution in [3.05, 3.63) is 103 Å². The molecule has 6 heterocycles. The molecule has 5 atom stereocenters. The molecule has 81 heavy (non-hydrogen) atoms. The summed E-state index contributed by atoms with van der Waals surface area (Å²) in [5.41, 5.74) is 2.79. The molecular formula is C59H72N10O12. The zero-order chi connectivity index (χ0) is 58.1. The van der Waals surface area contributed by atoms with Crippen molar-refractivity contribution in [1.29, 1.82) is 0 Å². The van der Waals surface area contributed by atoms with E-state index >= 15 is 4.79 Å². The largest absolute Gasteiger partial charge is 0.497 e. The van der Waals surface area contributed by atoms with Crippen LogP contribution in [0.3, 0.4) is 0 Å². The molecule has 430 valence electrons. The van der Waals surface area contributed by atoms with E-state index in [1.165, 1.54) is 11.2 Å². The molecule has 4 aromatic heterocycles. The van der Waals surface area contributed by atoms with Crippen molar-refractivity contribution in [3.63, 3.8) is 0 Å². The minimum absolute atomic E-state index is 0.101. The molecule has 0 unspecified atom stereocenters. The number of hydrogen-bond donors (Lipinski definition) is 2. The summed E-state index contributed by atoms with van der Waals surface area (Å²) in [6, 6.07) is 21.3. The van der Waals surface area contributed by atoms with Crippen LogP contribution in [-0.2, 0) is 53.4 Å². The number of aromatic nitrogens is 6. The van der Waals surface area contributed by atoms with Gasteiger partial charge in [-0.2, -0.15) is 5.10 Å². The van der Waals surface area contributed by atoms with E-state index in [2.05, 4.69) is 10.6 Å². The number of methoxy groups -OCH3 is 4. The molecule has 9 rings (SSSR count). The Balaban J connectivity index is 1.10. The minimum atomic E-state index is -1.29. The molecule has 0 aliphatic carbocycles. The zero-order valence-electron chi connectivity index (χ0n) is 48.4. The maximum Gasteiger partial charge on any atom is 0.408 e. The van der Waals surface area contributed by atoms with Crippen LogP contribution in [0.25, 0.3) is 33.2 Å². The lowest BCUT2D eigenvalue weighted by Gasteiger charge is -2.31. The molecular weight excluding hydrogens is 1040 g/mol. The number of rotatable bonds is 19. The van der Waals surface area contributed by atoms with Crippen LogP contribution in [0, 0.1) is 0 Å². The first-order valence-electron chi connectivity index (χ1n) is 26.6. The van der Waals surface area contributed by atoms with Crippen molar-refractivity contribution in [1.82, 2.24) is 34.6 Å². The average molecular weight is 1110 g/mol. The van der Waals surface area contributed by atoms with Crippen molar-refractivity contribution >= 4 is 57.2 Å². The highest BCUT2D eigenvalue weighted by Crippen LogP contribution is 2.47. The standard InChI is InChI=1S/C59H72N10O12/c1-57(2,3)80-55(71)42(64-56(72)81-58(4,5)6)24-26-68(37-19-15-34-18-22-46(63-43(34)27-37)66(9)31-36-17-21-39(74-12)29-45(36)76-14)53(70)49-48-50(79-59(7,8)78-48)54(77-49)69-32-40(41-23-25-67(10)65-41)47-51(61-33-62-52(47)69)60-30-35-16-20-38(73-11)28-44(35)75-13/h15-23,25,27-29,32-33,42,48-50,54H,24,26,30-31H2,1-14H3,(H,64,72)(H,60,61,62)/t42-,48+,49-,50+,54+/m0/s1. The number of anilines is 3. The highest BCUT2D eigenvalue weighted by molar-refractivity contribution is 6.01. The van der Waals surface area contributed by atoms with E-state index in [0.29, 0.717) is 81.2 Å². The number of carbonyl (C=O) groups is 3. The molecule has 2 aliphatic rings. The fraction of sp³-hybridized carbons (Fsp3) is 0.441. The third kappa shape index (κ3) is 12.9. The summed E-state index contributed by atoms with van der Waals surface area (Å²) < 4.78 is 57.6. The monoisotopic (exact) mass is 1110 g/mol. The lowest BCUT2D eigenvalue weighted by atomic mass is 10.1. The Bertz CT molecular complexity index is 3440. The highest BCUT2D eigenvalue weighted by Gasteiger charge is 2.59. The number of carbonyl (C=O) groups excluding carboxylic acids is 3. The van der Waals surface area contributed by atoms with Gasteiger partial charge < -0.3 is 67.6 Å². The van der Waals surface area contributed by atoms with Crippen LogP contribution in [0.1, 0.15) is 79.2 Å². The Morgan fingerprint density at radius 1 is 0.802 bits per heavy atom. The number of benzene rings is 3. The lowest BCUT2D eigenvalue weighted by Crippen LogP contribution is -2.50. The van der Waals surface area contributed by atoms with Gasteiger partial charge in [-0.1, -0.05) is 6.07 Å². The van der Waals surface area contributed by atoms with Crippen LogP contribution >= 0.6 is 0 Å². The number of esters is 1. The fourth-order valence-corrected chi connectivity index (χ4v) is 9.99. The van der Waals surface area contributed by atoms with Crippen LogP contribution in [-0.4, -0.2) is 131 Å². The Hall–Kier alpha value is -8.21. The first-order valence-corrected chi connectivity index (χ1v) is 26.6. The van der Waals surface area contributed by atoms with Gasteiger partial charge >= 0.3 is 12.1 Å². The summed E-state index contributed by atoms with van der Waals surface area (Å²) in [7, 11) is 10.2. The van der Waals surface area contributed by atoms with E-state index in [0.717, 1.165) is 16.5 Å². The van der Waals surface area contributed by atoms with Crippen LogP contribution in [0.4, 0.5) is 22.1 Å². The fourth-order valence-electron chi connectivity index (χ4n) is 9.99. The maximum absolute atomic E-state index is 15.9. The van der Waals surface area contributed by atoms with Crippen molar-refractivity contribution in [2.45, 2.75) is 122 Å². The lowest BCUT2D eigenvalue weighted by molar-refractivity contribution is -0.196. The zero-order valence-corrected chi connectivity index (χ0v) is 48.4. The van der Waals surface area contributed by atoms with E-state index in [-0.39, 0.29) is 13.0 Å². The Morgan fingerprint density at radius 3 is 2.12 bits per heavy atom. The normalized spacial score (nSPS) is 18.0. The first kappa shape index (κ1) is 57.5. The first-order chi connectivity index (χ1) is 38.4. The van der Waals surface area contributed by atoms with Crippen molar-refractivity contribution in [2.75, 3.05) is 57.1 Å². The van der Waals surface area contributed by atoms with Gasteiger partial charge in [-0.05, 0) is 116 Å². The molecule has 0 saturated carbocycles. The van der Waals surface area contributed by atoms with Gasteiger partial charge in [0.15, 0.2) is 18.1 Å². The predicted molar refractivity (Wildman–Crippen MR) is 304 cm³/mol. The summed E-state index contributed by atoms with van der Waals surface area (Å²) in [6.07, 6.45) is 0.178. The smallest absolute Gasteiger partial charge is 0.408 e. The molecule has 2 amide bonds. The van der Waals surface area contributed by atoms with E-state index in [1.54, 1.807) is 88.5 Å². The molecule has 2 fully saturated rings. The summed E-state index contributed by atoms with van der Waals surface area (Å²) in [6.45, 7) is 14.6. The Labute approximate surface area is 470 Å². The number of alkyl carbamates (subject to hydrolysis) is 1. The third-order valence-electron chi connectivity index (χ3n) is 13.6. The molecule has 22 heteroatoms. The molecule has 0 bridgehead atoms. The predicted octanol–water partition coefficient (Wildman–Crippen LogP) is 8.74. The third-order valence-corrected chi connectivity index (χ3v) is 13.6. The molecule has 2 N–H and O–H groups in total. The van der Waals surface area contributed by atoms with Gasteiger partial charge in [0.2, 0.25) is 0 Å². The molecule has 3 aromatic carbocycles. The van der Waals surface area contributed by atoms with Crippen LogP contribution < -0.4 is 39.4 Å². The minimum Gasteiger partial charge on any atom is -0.497 e. The van der Waals surface area contributed by atoms with Crippen LogP contribution in [0.15, 0.2) is 91.5 Å². The van der Waals surface area contributed by atoms with Crippen molar-refractivity contribution < 1.29 is 57.0 Å². The number of nitrogens with one attached hydrogen (secondary N) is 2. The average Bonchev–Trinajstić information content (AvgIpc) is 4.21. The van der Waals surface area contributed by atoms with Gasteiger partial charge in [0.05, 0.1) is 45.0 Å². The SMILES string of the molecule is COc1ccc(CNc2ncnc3c2c(-c2ccn(C)n2)cn3[C@@H]2O[C@H](C(=O)N(CC[C@H](NC(=O)OC(C)(C)C)C(=O)OC(C)(C)C)c3ccc4ccc(N(C)Cc5ccc(OC)cc5OC)nc4c3)[C@H]3OC(C)(C)O[C@H]32)c(OC)c1.